The van der Waals surface area contributed by atoms with Gasteiger partial charge < -0.3 is 5.73 Å². The number of hydrogen-bond acceptors (Lipinski definition) is 4. The Hall–Kier alpha value is -0.780. The lowest BCUT2D eigenvalue weighted by Crippen LogP contribution is -2.32. The lowest BCUT2D eigenvalue weighted by Gasteiger charge is -2.23. The molecule has 0 aliphatic carbocycles. The van der Waals surface area contributed by atoms with E-state index >= 15 is 0 Å². The van der Waals surface area contributed by atoms with Crippen LogP contribution in [0.15, 0.2) is 18.2 Å². The first kappa shape index (κ1) is 13.6. The predicted octanol–water partition coefficient (Wildman–Crippen LogP) is 1.54. The number of benzene rings is 1. The quantitative estimate of drug-likeness (QED) is 0.857. The zero-order valence-electron chi connectivity index (χ0n) is 10.3. The van der Waals surface area contributed by atoms with Gasteiger partial charge in [-0.2, -0.15) is 0 Å². The van der Waals surface area contributed by atoms with Crippen LogP contribution >= 0.6 is 11.6 Å². The molecule has 18 heavy (non-hydrogen) atoms. The first-order valence-corrected chi connectivity index (χ1v) is 8.02. The fraction of sp³-hybridized carbons (Fsp3) is 0.500. The van der Waals surface area contributed by atoms with Gasteiger partial charge in [-0.05, 0) is 37.2 Å². The molecule has 6 heteroatoms. The van der Waals surface area contributed by atoms with Crippen molar-refractivity contribution in [3.8, 4) is 0 Å². The summed E-state index contributed by atoms with van der Waals surface area (Å²) in [5.74, 6) is 0.525. The Kier molecular flexibility index (Phi) is 3.84. The van der Waals surface area contributed by atoms with Crippen LogP contribution in [0.4, 0.5) is 5.69 Å². The van der Waals surface area contributed by atoms with Gasteiger partial charge in [0.05, 0.1) is 11.5 Å². The maximum Gasteiger partial charge on any atom is 0.151 e. The molecular weight excluding hydrogens is 272 g/mol. The maximum atomic E-state index is 11.4. The molecular formula is C12H17ClN2O2S. The van der Waals surface area contributed by atoms with Crippen molar-refractivity contribution in [3.05, 3.63) is 28.8 Å². The normalized spacial score (nSPS) is 22.5. The Bertz CT molecular complexity index is 545. The molecule has 1 unspecified atom stereocenters. The molecule has 1 atom stereocenters. The van der Waals surface area contributed by atoms with Gasteiger partial charge in [0, 0.05) is 23.3 Å². The molecule has 1 aromatic rings. The van der Waals surface area contributed by atoms with Gasteiger partial charge in [0.2, 0.25) is 0 Å². The highest BCUT2D eigenvalue weighted by atomic mass is 35.5. The lowest BCUT2D eigenvalue weighted by atomic mass is 10.1. The van der Waals surface area contributed by atoms with Gasteiger partial charge in [0.15, 0.2) is 9.84 Å². The van der Waals surface area contributed by atoms with E-state index in [9.17, 15) is 8.42 Å². The Morgan fingerprint density at radius 3 is 2.83 bits per heavy atom. The molecule has 1 aliphatic heterocycles. The number of rotatable bonds is 3. The van der Waals surface area contributed by atoms with E-state index in [0.29, 0.717) is 23.7 Å². The van der Waals surface area contributed by atoms with E-state index in [1.807, 2.05) is 18.0 Å². The summed E-state index contributed by atoms with van der Waals surface area (Å²) in [4.78, 5) is 2.03. The van der Waals surface area contributed by atoms with E-state index in [0.717, 1.165) is 5.56 Å². The van der Waals surface area contributed by atoms with Crippen LogP contribution < -0.4 is 5.73 Å². The second-order valence-corrected chi connectivity index (χ2v) is 7.48. The first-order valence-electron chi connectivity index (χ1n) is 5.82. The Morgan fingerprint density at radius 1 is 1.50 bits per heavy atom. The van der Waals surface area contributed by atoms with Crippen LogP contribution in [0, 0.1) is 0 Å². The molecule has 1 saturated heterocycles. The van der Waals surface area contributed by atoms with Gasteiger partial charge >= 0.3 is 0 Å². The van der Waals surface area contributed by atoms with Crippen LogP contribution in [0.25, 0.3) is 0 Å². The highest BCUT2D eigenvalue weighted by molar-refractivity contribution is 7.91. The fourth-order valence-electron chi connectivity index (χ4n) is 2.23. The molecule has 0 amide bonds. The molecule has 0 radical (unpaired) electrons. The zero-order chi connectivity index (χ0) is 13.3. The summed E-state index contributed by atoms with van der Waals surface area (Å²) in [6.45, 7) is 0.618. The van der Waals surface area contributed by atoms with E-state index < -0.39 is 9.84 Å². The second kappa shape index (κ2) is 5.07. The van der Waals surface area contributed by atoms with Crippen LogP contribution in [-0.2, 0) is 16.4 Å². The molecule has 0 bridgehead atoms. The van der Waals surface area contributed by atoms with Gasteiger partial charge in [-0.1, -0.05) is 11.6 Å². The average Bonchev–Trinajstić information content (AvgIpc) is 2.64. The first-order chi connectivity index (χ1) is 8.37. The van der Waals surface area contributed by atoms with Gasteiger partial charge in [-0.3, -0.25) is 4.90 Å². The number of hydrogen-bond donors (Lipinski definition) is 1. The van der Waals surface area contributed by atoms with Gasteiger partial charge in [0.1, 0.15) is 0 Å². The summed E-state index contributed by atoms with van der Waals surface area (Å²) in [5, 5.41) is 0.645. The standard InChI is InChI=1S/C12H17ClN2O2S/c1-15(11-4-5-18(16,17)8-11)7-9-6-10(13)2-3-12(9)14/h2-3,6,11H,4-5,7-8,14H2,1H3. The van der Waals surface area contributed by atoms with Crippen molar-refractivity contribution >= 4 is 27.1 Å². The highest BCUT2D eigenvalue weighted by Crippen LogP contribution is 2.23. The SMILES string of the molecule is CN(Cc1cc(Cl)ccc1N)C1CCS(=O)(=O)C1. The average molecular weight is 289 g/mol. The van der Waals surface area contributed by atoms with Crippen molar-refractivity contribution in [2.45, 2.75) is 19.0 Å². The zero-order valence-corrected chi connectivity index (χ0v) is 11.8. The lowest BCUT2D eigenvalue weighted by molar-refractivity contribution is 0.254. The largest absolute Gasteiger partial charge is 0.398 e. The van der Waals surface area contributed by atoms with Crippen molar-refractivity contribution in [3.63, 3.8) is 0 Å². The van der Waals surface area contributed by atoms with Crippen LogP contribution in [0.5, 0.6) is 0 Å². The van der Waals surface area contributed by atoms with Crippen LogP contribution in [0.1, 0.15) is 12.0 Å². The Labute approximate surface area is 113 Å². The molecule has 2 rings (SSSR count). The summed E-state index contributed by atoms with van der Waals surface area (Å²) in [7, 11) is -0.928. The van der Waals surface area contributed by atoms with E-state index in [1.165, 1.54) is 0 Å². The minimum Gasteiger partial charge on any atom is -0.398 e. The number of sulfone groups is 1. The van der Waals surface area contributed by atoms with Gasteiger partial charge in [0.25, 0.3) is 0 Å². The minimum absolute atomic E-state index is 0.0772. The predicted molar refractivity (Wildman–Crippen MR) is 74.4 cm³/mol. The number of halogens is 1. The van der Waals surface area contributed by atoms with Crippen molar-refractivity contribution < 1.29 is 8.42 Å². The third kappa shape index (κ3) is 3.16. The number of anilines is 1. The van der Waals surface area contributed by atoms with Crippen LogP contribution in [0.2, 0.25) is 5.02 Å². The molecule has 4 nitrogen and oxygen atoms in total. The molecule has 1 aromatic carbocycles. The van der Waals surface area contributed by atoms with Crippen LogP contribution in [-0.4, -0.2) is 37.9 Å². The van der Waals surface area contributed by atoms with Crippen molar-refractivity contribution in [2.75, 3.05) is 24.3 Å². The number of nitrogens with two attached hydrogens (primary N) is 1. The molecule has 1 heterocycles. The Balaban J connectivity index is 2.08. The topological polar surface area (TPSA) is 63.4 Å². The molecule has 1 aliphatic rings. The highest BCUT2D eigenvalue weighted by Gasteiger charge is 2.30. The summed E-state index contributed by atoms with van der Waals surface area (Å²) < 4.78 is 22.9. The molecule has 100 valence electrons. The van der Waals surface area contributed by atoms with Crippen molar-refractivity contribution in [2.24, 2.45) is 0 Å². The van der Waals surface area contributed by atoms with E-state index in [2.05, 4.69) is 0 Å². The molecule has 0 spiro atoms. The summed E-state index contributed by atoms with van der Waals surface area (Å²) in [5.41, 5.74) is 7.51. The number of nitrogens with zero attached hydrogens (tertiary/aromatic N) is 1. The van der Waals surface area contributed by atoms with E-state index in [-0.39, 0.29) is 17.5 Å². The summed E-state index contributed by atoms with van der Waals surface area (Å²) in [6.07, 6.45) is 0.694. The van der Waals surface area contributed by atoms with Gasteiger partial charge in [-0.25, -0.2) is 8.42 Å². The van der Waals surface area contributed by atoms with E-state index in [4.69, 9.17) is 17.3 Å². The molecule has 0 aromatic heterocycles. The van der Waals surface area contributed by atoms with E-state index in [1.54, 1.807) is 12.1 Å². The van der Waals surface area contributed by atoms with Gasteiger partial charge in [-0.15, -0.1) is 0 Å². The summed E-state index contributed by atoms with van der Waals surface area (Å²) >= 11 is 5.94. The second-order valence-electron chi connectivity index (χ2n) is 4.82. The third-order valence-electron chi connectivity index (χ3n) is 3.36. The molecule has 2 N–H and O–H groups in total. The monoisotopic (exact) mass is 288 g/mol. The van der Waals surface area contributed by atoms with Crippen molar-refractivity contribution in [1.82, 2.24) is 4.90 Å². The van der Waals surface area contributed by atoms with Crippen molar-refractivity contribution in [1.29, 1.82) is 0 Å². The summed E-state index contributed by atoms with van der Waals surface area (Å²) in [6, 6.07) is 5.43. The third-order valence-corrected chi connectivity index (χ3v) is 5.34. The molecule has 1 fully saturated rings. The number of nitrogen functional groups attached to an aromatic ring is 1. The fourth-order valence-corrected chi connectivity index (χ4v) is 4.23. The van der Waals surface area contributed by atoms with Crippen LogP contribution in [0.3, 0.4) is 0 Å². The maximum absolute atomic E-state index is 11.4. The Morgan fingerprint density at radius 2 is 2.22 bits per heavy atom. The minimum atomic E-state index is -2.85. The molecule has 0 saturated carbocycles. The smallest absolute Gasteiger partial charge is 0.151 e.